The minimum Gasteiger partial charge on any atom is -1.00 e. The molecule has 0 atom stereocenters. The quantitative estimate of drug-likeness (QED) is 0.796. The van der Waals surface area contributed by atoms with Crippen LogP contribution in [0.15, 0.2) is 36.4 Å². The van der Waals surface area contributed by atoms with Gasteiger partial charge >= 0.3 is 29.6 Å². The summed E-state index contributed by atoms with van der Waals surface area (Å²) in [5.74, 6) is -2.10. The van der Waals surface area contributed by atoms with Gasteiger partial charge in [-0.2, -0.15) is 5.26 Å². The molecule has 0 saturated heterocycles. The van der Waals surface area contributed by atoms with Gasteiger partial charge in [0.25, 0.3) is 0 Å². The fourth-order valence-corrected chi connectivity index (χ4v) is 2.20. The second-order valence-electron chi connectivity index (χ2n) is 4.37. The van der Waals surface area contributed by atoms with E-state index in [9.17, 15) is 17.2 Å². The number of benzene rings is 2. The molecule has 0 aliphatic rings. The third kappa shape index (κ3) is 5.48. The van der Waals surface area contributed by atoms with Crippen LogP contribution in [-0.2, 0) is 10.0 Å². The van der Waals surface area contributed by atoms with Crippen LogP contribution < -0.4 is 39.0 Å². The van der Waals surface area contributed by atoms with E-state index in [0.29, 0.717) is 6.07 Å². The van der Waals surface area contributed by atoms with E-state index < -0.39 is 21.7 Å². The first-order chi connectivity index (χ1) is 10.3. The molecule has 0 aliphatic heterocycles. The van der Waals surface area contributed by atoms with Gasteiger partial charge in [0.15, 0.2) is 17.3 Å². The minimum absolute atomic E-state index is 0. The predicted molar refractivity (Wildman–Crippen MR) is 77.2 cm³/mol. The Kier molecular flexibility index (Phi) is 6.53. The number of nitriles is 1. The zero-order chi connectivity index (χ0) is 16.3. The third-order valence-corrected chi connectivity index (χ3v) is 3.11. The molecular weight excluding hydrogens is 337 g/mol. The number of nitrogens with one attached hydrogen (secondary N) is 1. The molecule has 23 heavy (non-hydrogen) atoms. The van der Waals surface area contributed by atoms with Crippen molar-refractivity contribution >= 4 is 15.7 Å². The first kappa shape index (κ1) is 19.4. The Morgan fingerprint density at radius 3 is 2.43 bits per heavy atom. The van der Waals surface area contributed by atoms with E-state index in [2.05, 4.69) is 4.72 Å². The average molecular weight is 348 g/mol. The Morgan fingerprint density at radius 1 is 1.17 bits per heavy atom. The van der Waals surface area contributed by atoms with Gasteiger partial charge in [-0.15, -0.1) is 0 Å². The maximum atomic E-state index is 13.6. The van der Waals surface area contributed by atoms with Crippen LogP contribution in [0.5, 0.6) is 11.5 Å². The van der Waals surface area contributed by atoms with E-state index >= 15 is 0 Å². The molecule has 0 aromatic heterocycles. The van der Waals surface area contributed by atoms with E-state index in [1.807, 2.05) is 6.07 Å². The maximum absolute atomic E-state index is 13.6. The zero-order valence-electron chi connectivity index (χ0n) is 13.3. The summed E-state index contributed by atoms with van der Waals surface area (Å²) in [6.07, 6.45) is 0.938. The molecule has 2 aromatic rings. The topological polar surface area (TPSA) is 79.2 Å². The van der Waals surface area contributed by atoms with Crippen LogP contribution in [0.4, 0.5) is 14.5 Å². The summed E-state index contributed by atoms with van der Waals surface area (Å²) in [5.41, 5.74) is 0.224. The van der Waals surface area contributed by atoms with Crippen molar-refractivity contribution in [1.82, 2.24) is 0 Å². The summed E-state index contributed by atoms with van der Waals surface area (Å²) in [6.45, 7) is 0. The summed E-state index contributed by atoms with van der Waals surface area (Å²) in [6, 6.07) is 8.49. The minimum atomic E-state index is -3.60. The van der Waals surface area contributed by atoms with Gasteiger partial charge in [-0.3, -0.25) is 4.72 Å². The molecule has 2 rings (SSSR count). The molecule has 116 valence electrons. The van der Waals surface area contributed by atoms with Gasteiger partial charge in [0.05, 0.1) is 23.6 Å². The van der Waals surface area contributed by atoms with Crippen molar-refractivity contribution in [2.75, 3.05) is 11.0 Å². The molecule has 0 amide bonds. The van der Waals surface area contributed by atoms with Gasteiger partial charge in [0, 0.05) is 12.1 Å². The largest absolute Gasteiger partial charge is 1.00 e. The molecular formula is C14H11F2N2NaO3S. The summed E-state index contributed by atoms with van der Waals surface area (Å²) >= 11 is 0. The fraction of sp³-hybridized carbons (Fsp3) is 0.0714. The second kappa shape index (κ2) is 7.75. The third-order valence-electron chi connectivity index (χ3n) is 2.52. The number of hydrogen-bond donors (Lipinski definition) is 1. The van der Waals surface area contributed by atoms with E-state index in [4.69, 9.17) is 10.00 Å². The van der Waals surface area contributed by atoms with Gasteiger partial charge < -0.3 is 6.16 Å². The molecule has 0 radical (unpaired) electrons. The number of anilines is 1. The van der Waals surface area contributed by atoms with Crippen LogP contribution in [0.25, 0.3) is 0 Å². The molecule has 1 N–H and O–H groups in total. The first-order valence-electron chi connectivity index (χ1n) is 5.93. The van der Waals surface area contributed by atoms with Crippen molar-refractivity contribution < 1.29 is 52.9 Å². The van der Waals surface area contributed by atoms with Crippen LogP contribution in [0.2, 0.25) is 0 Å². The smallest absolute Gasteiger partial charge is 1.00 e. The molecule has 0 fully saturated rings. The summed E-state index contributed by atoms with van der Waals surface area (Å²) in [7, 11) is -3.60. The SMILES string of the molecule is CS(=O)(=O)Nc1ccc(C#N)cc1Oc1ccc(F)cc1F.[H-].[Na+]. The van der Waals surface area contributed by atoms with Crippen LogP contribution in [0.1, 0.15) is 6.99 Å². The molecule has 0 aliphatic carbocycles. The Bertz CT molecular complexity index is 873. The standard InChI is InChI=1S/C14H10F2N2O3S.Na.H/c1-22(19,20)18-12-4-2-9(8-17)6-14(12)21-13-5-3-10(15)7-11(13)16;;/h2-7,18H,1H3;;/q;+1;-1. The van der Waals surface area contributed by atoms with Crippen LogP contribution in [0, 0.1) is 23.0 Å². The Balaban J connectivity index is 0.00000264. The number of nitrogens with zero attached hydrogens (tertiary/aromatic N) is 1. The van der Waals surface area contributed by atoms with Gasteiger partial charge in [-0.05, 0) is 24.3 Å². The van der Waals surface area contributed by atoms with Crippen molar-refractivity contribution in [2.45, 2.75) is 0 Å². The van der Waals surface area contributed by atoms with Gasteiger partial charge in [0.1, 0.15) is 5.82 Å². The molecule has 2 aromatic carbocycles. The monoisotopic (exact) mass is 348 g/mol. The first-order valence-corrected chi connectivity index (χ1v) is 7.82. The zero-order valence-corrected chi connectivity index (χ0v) is 15.1. The van der Waals surface area contributed by atoms with Crippen LogP contribution >= 0.6 is 0 Å². The molecule has 0 bridgehead atoms. The van der Waals surface area contributed by atoms with Gasteiger partial charge in [-0.1, -0.05) is 0 Å². The van der Waals surface area contributed by atoms with Crippen molar-refractivity contribution in [2.24, 2.45) is 0 Å². The summed E-state index contributed by atoms with van der Waals surface area (Å²) in [4.78, 5) is 0. The van der Waals surface area contributed by atoms with Gasteiger partial charge in [-0.25, -0.2) is 17.2 Å². The Morgan fingerprint density at radius 2 is 1.87 bits per heavy atom. The molecule has 0 saturated carbocycles. The van der Waals surface area contributed by atoms with E-state index in [1.165, 1.54) is 18.2 Å². The van der Waals surface area contributed by atoms with Gasteiger partial charge in [0.2, 0.25) is 10.0 Å². The van der Waals surface area contributed by atoms with E-state index in [1.54, 1.807) is 0 Å². The number of hydrogen-bond acceptors (Lipinski definition) is 4. The van der Waals surface area contributed by atoms with Crippen molar-refractivity contribution in [1.29, 1.82) is 5.26 Å². The fourth-order valence-electron chi connectivity index (χ4n) is 1.64. The van der Waals surface area contributed by atoms with Crippen molar-refractivity contribution in [3.63, 3.8) is 0 Å². The molecule has 0 unspecified atom stereocenters. The summed E-state index contributed by atoms with van der Waals surface area (Å²) < 4.78 is 56.6. The number of halogens is 2. The second-order valence-corrected chi connectivity index (χ2v) is 6.12. The van der Waals surface area contributed by atoms with Crippen molar-refractivity contribution in [3.8, 4) is 17.6 Å². The Labute approximate surface area is 155 Å². The molecule has 0 heterocycles. The maximum Gasteiger partial charge on any atom is 1.00 e. The van der Waals surface area contributed by atoms with Crippen LogP contribution in [0.3, 0.4) is 0 Å². The predicted octanol–water partition coefficient (Wildman–Crippen LogP) is 0.117. The number of rotatable bonds is 4. The molecule has 5 nitrogen and oxygen atoms in total. The normalized spacial score (nSPS) is 10.3. The Hall–Kier alpha value is -1.66. The van der Waals surface area contributed by atoms with E-state index in [-0.39, 0.29) is 53.7 Å². The molecule has 0 spiro atoms. The molecule has 9 heteroatoms. The number of ether oxygens (including phenoxy) is 1. The van der Waals surface area contributed by atoms with Crippen LogP contribution in [-0.4, -0.2) is 14.7 Å². The van der Waals surface area contributed by atoms with E-state index in [0.717, 1.165) is 18.4 Å². The summed E-state index contributed by atoms with van der Waals surface area (Å²) in [5, 5.41) is 8.87. The van der Waals surface area contributed by atoms with Crippen molar-refractivity contribution in [3.05, 3.63) is 53.6 Å². The average Bonchev–Trinajstić information content (AvgIpc) is 2.42. The number of sulfonamides is 1.